The maximum atomic E-state index is 12.4. The van der Waals surface area contributed by atoms with Gasteiger partial charge in [0.1, 0.15) is 12.4 Å². The van der Waals surface area contributed by atoms with Crippen molar-refractivity contribution in [3.05, 3.63) is 58.1 Å². The molecule has 6 heteroatoms. The van der Waals surface area contributed by atoms with E-state index in [1.807, 2.05) is 6.07 Å². The maximum absolute atomic E-state index is 12.4. The third-order valence-electron chi connectivity index (χ3n) is 3.44. The Kier molecular flexibility index (Phi) is 4.41. The highest BCUT2D eigenvalue weighted by atomic mass is 35.5. The van der Waals surface area contributed by atoms with Gasteiger partial charge in [0.05, 0.1) is 24.3 Å². The molecule has 0 bridgehead atoms. The van der Waals surface area contributed by atoms with Crippen molar-refractivity contribution in [1.29, 1.82) is 5.26 Å². The van der Waals surface area contributed by atoms with Crippen LogP contribution in [0.25, 0.3) is 6.08 Å². The van der Waals surface area contributed by atoms with Gasteiger partial charge in [-0.3, -0.25) is 0 Å². The second-order valence-electron chi connectivity index (χ2n) is 5.01. The van der Waals surface area contributed by atoms with E-state index in [1.165, 1.54) is 19.2 Å². The summed E-state index contributed by atoms with van der Waals surface area (Å²) in [6, 6.07) is 11.8. The largest absolute Gasteiger partial charge is 0.493 e. The van der Waals surface area contributed by atoms with Gasteiger partial charge in [-0.1, -0.05) is 11.6 Å². The monoisotopic (exact) mass is 341 g/mol. The fourth-order valence-corrected chi connectivity index (χ4v) is 2.43. The smallest absolute Gasteiger partial charge is 0.343 e. The van der Waals surface area contributed by atoms with E-state index in [2.05, 4.69) is 0 Å². The third kappa shape index (κ3) is 3.19. The minimum Gasteiger partial charge on any atom is -0.493 e. The molecule has 0 radical (unpaired) electrons. The van der Waals surface area contributed by atoms with E-state index in [0.717, 1.165) is 0 Å². The fourth-order valence-electron chi connectivity index (χ4n) is 2.25. The van der Waals surface area contributed by atoms with Crippen LogP contribution in [0.2, 0.25) is 5.02 Å². The molecule has 1 aliphatic rings. The average molecular weight is 342 g/mol. The maximum Gasteiger partial charge on any atom is 0.343 e. The molecule has 120 valence electrons. The zero-order valence-corrected chi connectivity index (χ0v) is 13.5. The van der Waals surface area contributed by atoms with Crippen LogP contribution in [0.4, 0.5) is 0 Å². The number of benzene rings is 2. The highest BCUT2D eigenvalue weighted by Crippen LogP contribution is 2.31. The molecule has 1 aliphatic heterocycles. The Morgan fingerprint density at radius 1 is 1.25 bits per heavy atom. The molecule has 24 heavy (non-hydrogen) atoms. The summed E-state index contributed by atoms with van der Waals surface area (Å²) < 4.78 is 16.1. The molecule has 3 rings (SSSR count). The van der Waals surface area contributed by atoms with Gasteiger partial charge in [0.25, 0.3) is 0 Å². The number of methoxy groups -OCH3 is 1. The van der Waals surface area contributed by atoms with E-state index in [9.17, 15) is 4.79 Å². The Morgan fingerprint density at radius 2 is 2.08 bits per heavy atom. The van der Waals surface area contributed by atoms with E-state index in [1.54, 1.807) is 30.3 Å². The van der Waals surface area contributed by atoms with E-state index in [0.29, 0.717) is 33.2 Å². The van der Waals surface area contributed by atoms with Gasteiger partial charge in [-0.05, 0) is 36.4 Å². The van der Waals surface area contributed by atoms with Crippen molar-refractivity contribution in [2.45, 2.75) is 0 Å². The Morgan fingerprint density at radius 3 is 2.83 bits per heavy atom. The fraction of sp³-hybridized carbons (Fsp3) is 0.111. The van der Waals surface area contributed by atoms with Gasteiger partial charge < -0.3 is 14.2 Å². The Balaban J connectivity index is 1.85. The number of nitriles is 1. The number of carbonyl (C=O) groups excluding carboxylic acids is 1. The van der Waals surface area contributed by atoms with Crippen LogP contribution in [0, 0.1) is 11.3 Å². The van der Waals surface area contributed by atoms with Crippen molar-refractivity contribution in [3.8, 4) is 23.3 Å². The van der Waals surface area contributed by atoms with Gasteiger partial charge in [-0.2, -0.15) is 5.26 Å². The number of nitrogens with zero attached hydrogens (tertiary/aromatic N) is 1. The summed E-state index contributed by atoms with van der Waals surface area (Å²) in [7, 11) is 1.44. The summed E-state index contributed by atoms with van der Waals surface area (Å²) in [5, 5.41) is 9.45. The first kappa shape index (κ1) is 15.9. The lowest BCUT2D eigenvalue weighted by Crippen LogP contribution is -2.19. The molecule has 0 saturated heterocycles. The molecule has 0 aliphatic carbocycles. The second kappa shape index (κ2) is 6.65. The van der Waals surface area contributed by atoms with Gasteiger partial charge >= 0.3 is 5.97 Å². The van der Waals surface area contributed by atoms with Crippen LogP contribution < -0.4 is 14.2 Å². The molecule has 1 heterocycles. The first-order valence-electron chi connectivity index (χ1n) is 7.04. The number of ether oxygens (including phenoxy) is 3. The minimum atomic E-state index is -0.552. The first-order valence-corrected chi connectivity index (χ1v) is 7.42. The van der Waals surface area contributed by atoms with Crippen LogP contribution in [0.1, 0.15) is 11.1 Å². The Labute approximate surface area is 143 Å². The molecule has 0 unspecified atom stereocenters. The van der Waals surface area contributed by atoms with Crippen molar-refractivity contribution < 1.29 is 19.0 Å². The number of fused-ring (bicyclic) bond motifs is 1. The molecule has 0 saturated carbocycles. The van der Waals surface area contributed by atoms with Crippen LogP contribution >= 0.6 is 11.6 Å². The second-order valence-corrected chi connectivity index (χ2v) is 5.44. The van der Waals surface area contributed by atoms with Crippen molar-refractivity contribution in [1.82, 2.24) is 0 Å². The summed E-state index contributed by atoms with van der Waals surface area (Å²) in [5.41, 5.74) is 1.49. The molecule has 2 aromatic rings. The molecule has 0 fully saturated rings. The van der Waals surface area contributed by atoms with Crippen LogP contribution in [0.15, 0.2) is 42.0 Å². The Hall–Kier alpha value is -2.97. The van der Waals surface area contributed by atoms with Crippen LogP contribution in [-0.2, 0) is 4.79 Å². The zero-order chi connectivity index (χ0) is 17.1. The quantitative estimate of drug-likeness (QED) is 0.630. The number of hydrogen-bond donors (Lipinski definition) is 0. The number of esters is 1. The van der Waals surface area contributed by atoms with Crippen molar-refractivity contribution >= 4 is 23.6 Å². The van der Waals surface area contributed by atoms with Gasteiger partial charge in [0, 0.05) is 16.7 Å². The van der Waals surface area contributed by atoms with E-state index < -0.39 is 5.97 Å². The molecule has 0 atom stereocenters. The van der Waals surface area contributed by atoms with Gasteiger partial charge in [0.2, 0.25) is 0 Å². The molecule has 0 spiro atoms. The highest BCUT2D eigenvalue weighted by molar-refractivity contribution is 6.30. The lowest BCUT2D eigenvalue weighted by Gasteiger charge is -2.17. The summed E-state index contributed by atoms with van der Waals surface area (Å²) >= 11 is 5.96. The summed E-state index contributed by atoms with van der Waals surface area (Å²) in [6.45, 7) is 0.103. The zero-order valence-electron chi connectivity index (χ0n) is 12.7. The van der Waals surface area contributed by atoms with Crippen molar-refractivity contribution in [2.75, 3.05) is 13.7 Å². The number of hydrogen-bond acceptors (Lipinski definition) is 5. The lowest BCUT2D eigenvalue weighted by molar-refractivity contribution is -0.130. The summed E-state index contributed by atoms with van der Waals surface area (Å²) in [6.07, 6.45) is 1.68. The number of halogens is 1. The van der Waals surface area contributed by atoms with Crippen LogP contribution in [0.3, 0.4) is 0 Å². The van der Waals surface area contributed by atoms with E-state index in [-0.39, 0.29) is 12.4 Å². The van der Waals surface area contributed by atoms with E-state index >= 15 is 0 Å². The molecular formula is C18H12ClNO4. The van der Waals surface area contributed by atoms with E-state index in [4.69, 9.17) is 31.1 Å². The Bertz CT molecular complexity index is 883. The van der Waals surface area contributed by atoms with Gasteiger partial charge in [-0.15, -0.1) is 0 Å². The summed E-state index contributed by atoms with van der Waals surface area (Å²) in [4.78, 5) is 12.4. The molecule has 0 N–H and O–H groups in total. The van der Waals surface area contributed by atoms with Crippen molar-refractivity contribution in [2.24, 2.45) is 0 Å². The normalized spacial score (nSPS) is 12.3. The predicted molar refractivity (Wildman–Crippen MR) is 88.3 cm³/mol. The lowest BCUT2D eigenvalue weighted by atomic mass is 10.1. The molecule has 0 aromatic heterocycles. The third-order valence-corrected chi connectivity index (χ3v) is 3.68. The van der Waals surface area contributed by atoms with Gasteiger partial charge in [-0.25, -0.2) is 4.79 Å². The summed E-state index contributed by atoms with van der Waals surface area (Å²) in [5.74, 6) is 0.651. The standard InChI is InChI=1S/C18H12ClNO4/c1-22-17-6-11(9-20)2-4-16(17)24-18(21)13-7-12-8-14(19)3-5-15(12)23-10-13/h2-8H,10H2,1H3. The topological polar surface area (TPSA) is 68.5 Å². The average Bonchev–Trinajstić information content (AvgIpc) is 2.61. The first-order chi connectivity index (χ1) is 11.6. The SMILES string of the molecule is COc1cc(C#N)ccc1OC(=O)C1=Cc2cc(Cl)ccc2OC1. The minimum absolute atomic E-state index is 0.103. The highest BCUT2D eigenvalue weighted by Gasteiger charge is 2.20. The van der Waals surface area contributed by atoms with Gasteiger partial charge in [0.15, 0.2) is 11.5 Å². The number of carbonyl (C=O) groups is 1. The van der Waals surface area contributed by atoms with Crippen LogP contribution in [0.5, 0.6) is 17.2 Å². The molecule has 5 nitrogen and oxygen atoms in total. The number of rotatable bonds is 3. The van der Waals surface area contributed by atoms with Crippen LogP contribution in [-0.4, -0.2) is 19.7 Å². The molecule has 0 amide bonds. The molecular weight excluding hydrogens is 330 g/mol. The van der Waals surface area contributed by atoms with Crippen molar-refractivity contribution in [3.63, 3.8) is 0 Å². The molecule has 2 aromatic carbocycles. The predicted octanol–water partition coefficient (Wildman–Crippen LogP) is 3.60.